The van der Waals surface area contributed by atoms with Gasteiger partial charge in [-0.2, -0.15) is 0 Å². The predicted molar refractivity (Wildman–Crippen MR) is 83.3 cm³/mol. The Labute approximate surface area is 127 Å². The van der Waals surface area contributed by atoms with Crippen molar-refractivity contribution in [1.82, 2.24) is 0 Å². The summed E-state index contributed by atoms with van der Waals surface area (Å²) in [6, 6.07) is 7.70. The highest BCUT2D eigenvalue weighted by Gasteiger charge is 2.13. The lowest BCUT2D eigenvalue weighted by Crippen LogP contribution is -2.19. The summed E-state index contributed by atoms with van der Waals surface area (Å²) in [5, 5.41) is 8.67. The summed E-state index contributed by atoms with van der Waals surface area (Å²) in [5.41, 5.74) is 0.939. The Balaban J connectivity index is 1.65. The summed E-state index contributed by atoms with van der Waals surface area (Å²) < 4.78 is 11.5. The van der Waals surface area contributed by atoms with E-state index in [1.165, 1.54) is 32.1 Å². The number of benzene rings is 1. The third-order valence-electron chi connectivity index (χ3n) is 3.58. The minimum atomic E-state index is 0.106. The Bertz CT molecular complexity index is 450. The van der Waals surface area contributed by atoms with Crippen LogP contribution in [0.5, 0.6) is 5.75 Å². The predicted octanol–water partition coefficient (Wildman–Crippen LogP) is 3.15. The van der Waals surface area contributed by atoms with E-state index in [9.17, 15) is 0 Å². The molecule has 1 aliphatic carbocycles. The number of hydrogen-bond donors (Lipinski definition) is 1. The topological polar surface area (TPSA) is 38.7 Å². The van der Waals surface area contributed by atoms with Crippen LogP contribution in [0.15, 0.2) is 24.3 Å². The molecule has 0 amide bonds. The van der Waals surface area contributed by atoms with Gasteiger partial charge in [0.05, 0.1) is 19.3 Å². The molecule has 1 N–H and O–H groups in total. The molecule has 0 atom stereocenters. The lowest BCUT2D eigenvalue weighted by Gasteiger charge is -2.21. The average molecular weight is 288 g/mol. The Morgan fingerprint density at radius 1 is 1.05 bits per heavy atom. The lowest BCUT2D eigenvalue weighted by molar-refractivity contribution is 0.0129. The number of aliphatic hydroxyl groups is 1. The van der Waals surface area contributed by atoms with Gasteiger partial charge < -0.3 is 14.6 Å². The van der Waals surface area contributed by atoms with Crippen molar-refractivity contribution in [3.05, 3.63) is 29.8 Å². The van der Waals surface area contributed by atoms with Crippen molar-refractivity contribution in [2.75, 3.05) is 19.8 Å². The third-order valence-corrected chi connectivity index (χ3v) is 3.58. The molecule has 114 valence electrons. The molecule has 0 aromatic heterocycles. The molecule has 0 aliphatic heterocycles. The van der Waals surface area contributed by atoms with Gasteiger partial charge in [-0.3, -0.25) is 0 Å². The Kier molecular flexibility index (Phi) is 7.14. The third kappa shape index (κ3) is 6.20. The SMILES string of the molecule is OCCC#Cc1ccc(OCCOC2CCCCC2)cc1. The standard InChI is InChI=1S/C18H24O3/c19-13-5-4-6-16-9-11-18(12-10-16)21-15-14-20-17-7-2-1-3-8-17/h9-12,17,19H,1-3,5,7-8,13-15H2. The summed E-state index contributed by atoms with van der Waals surface area (Å²) in [7, 11) is 0. The zero-order valence-electron chi connectivity index (χ0n) is 12.5. The van der Waals surface area contributed by atoms with Crippen LogP contribution in [-0.2, 0) is 4.74 Å². The lowest BCUT2D eigenvalue weighted by atomic mass is 9.98. The van der Waals surface area contributed by atoms with Gasteiger partial charge in [0.2, 0.25) is 0 Å². The molecule has 3 heteroatoms. The van der Waals surface area contributed by atoms with Gasteiger partial charge in [0, 0.05) is 12.0 Å². The molecule has 1 saturated carbocycles. The van der Waals surface area contributed by atoms with Gasteiger partial charge in [-0.05, 0) is 37.1 Å². The van der Waals surface area contributed by atoms with Crippen molar-refractivity contribution in [3.63, 3.8) is 0 Å². The Morgan fingerprint density at radius 2 is 1.81 bits per heavy atom. The minimum absolute atomic E-state index is 0.106. The van der Waals surface area contributed by atoms with Crippen LogP contribution in [0.25, 0.3) is 0 Å². The van der Waals surface area contributed by atoms with E-state index in [0.717, 1.165) is 11.3 Å². The highest BCUT2D eigenvalue weighted by Crippen LogP contribution is 2.20. The van der Waals surface area contributed by atoms with E-state index in [0.29, 0.717) is 25.7 Å². The fourth-order valence-electron chi connectivity index (χ4n) is 2.46. The highest BCUT2D eigenvalue weighted by atomic mass is 16.5. The highest BCUT2D eigenvalue weighted by molar-refractivity contribution is 5.38. The molecule has 0 bridgehead atoms. The van der Waals surface area contributed by atoms with Crippen LogP contribution in [0.1, 0.15) is 44.1 Å². The second-order valence-electron chi connectivity index (χ2n) is 5.28. The maximum atomic E-state index is 8.67. The molecule has 0 heterocycles. The molecule has 0 saturated heterocycles. The molecule has 1 fully saturated rings. The van der Waals surface area contributed by atoms with E-state index in [4.69, 9.17) is 14.6 Å². The Hall–Kier alpha value is -1.50. The molecule has 1 aliphatic rings. The summed E-state index contributed by atoms with van der Waals surface area (Å²) in [6.07, 6.45) is 7.28. The van der Waals surface area contributed by atoms with E-state index in [1.807, 2.05) is 24.3 Å². The van der Waals surface area contributed by atoms with Gasteiger partial charge in [0.1, 0.15) is 12.4 Å². The molecule has 0 spiro atoms. The smallest absolute Gasteiger partial charge is 0.119 e. The number of aliphatic hydroxyl groups excluding tert-OH is 1. The van der Waals surface area contributed by atoms with Crippen LogP contribution < -0.4 is 4.74 Å². The van der Waals surface area contributed by atoms with E-state index < -0.39 is 0 Å². The van der Waals surface area contributed by atoms with Gasteiger partial charge in [0.15, 0.2) is 0 Å². The first-order valence-corrected chi connectivity index (χ1v) is 7.82. The van der Waals surface area contributed by atoms with Gasteiger partial charge >= 0.3 is 0 Å². The van der Waals surface area contributed by atoms with Crippen LogP contribution in [0, 0.1) is 11.8 Å². The van der Waals surface area contributed by atoms with Gasteiger partial charge in [0.25, 0.3) is 0 Å². The monoisotopic (exact) mass is 288 g/mol. The van der Waals surface area contributed by atoms with E-state index in [-0.39, 0.29) is 6.61 Å². The van der Waals surface area contributed by atoms with Crippen molar-refractivity contribution in [3.8, 4) is 17.6 Å². The second-order valence-corrected chi connectivity index (χ2v) is 5.28. The van der Waals surface area contributed by atoms with Crippen molar-refractivity contribution in [2.45, 2.75) is 44.6 Å². The number of ether oxygens (including phenoxy) is 2. The van der Waals surface area contributed by atoms with E-state index >= 15 is 0 Å². The summed E-state index contributed by atoms with van der Waals surface area (Å²) in [5.74, 6) is 6.73. The zero-order chi connectivity index (χ0) is 14.8. The molecular weight excluding hydrogens is 264 g/mol. The first-order chi connectivity index (χ1) is 10.4. The molecule has 0 radical (unpaired) electrons. The maximum absolute atomic E-state index is 8.67. The molecule has 21 heavy (non-hydrogen) atoms. The van der Waals surface area contributed by atoms with Crippen LogP contribution in [-0.4, -0.2) is 31.0 Å². The van der Waals surface area contributed by atoms with Crippen LogP contribution in [0.2, 0.25) is 0 Å². The fourth-order valence-corrected chi connectivity index (χ4v) is 2.46. The van der Waals surface area contributed by atoms with Gasteiger partial charge in [-0.1, -0.05) is 31.1 Å². The molecule has 0 unspecified atom stereocenters. The molecule has 1 aromatic carbocycles. The van der Waals surface area contributed by atoms with E-state index in [1.54, 1.807) is 0 Å². The Morgan fingerprint density at radius 3 is 2.52 bits per heavy atom. The van der Waals surface area contributed by atoms with Crippen molar-refractivity contribution < 1.29 is 14.6 Å². The summed E-state index contributed by atoms with van der Waals surface area (Å²) >= 11 is 0. The number of rotatable bonds is 6. The molecule has 2 rings (SSSR count). The fraction of sp³-hybridized carbons (Fsp3) is 0.556. The average Bonchev–Trinajstić information content (AvgIpc) is 2.54. The summed E-state index contributed by atoms with van der Waals surface area (Å²) in [6.45, 7) is 1.35. The van der Waals surface area contributed by atoms with Crippen LogP contribution in [0.3, 0.4) is 0 Å². The minimum Gasteiger partial charge on any atom is -0.491 e. The summed E-state index contributed by atoms with van der Waals surface area (Å²) in [4.78, 5) is 0. The molecule has 1 aromatic rings. The largest absolute Gasteiger partial charge is 0.491 e. The maximum Gasteiger partial charge on any atom is 0.119 e. The second kappa shape index (κ2) is 9.44. The van der Waals surface area contributed by atoms with Gasteiger partial charge in [-0.15, -0.1) is 0 Å². The zero-order valence-corrected chi connectivity index (χ0v) is 12.5. The van der Waals surface area contributed by atoms with Crippen molar-refractivity contribution in [1.29, 1.82) is 0 Å². The normalized spacial score (nSPS) is 15.3. The molecule has 3 nitrogen and oxygen atoms in total. The van der Waals surface area contributed by atoms with Crippen molar-refractivity contribution >= 4 is 0 Å². The van der Waals surface area contributed by atoms with Crippen LogP contribution in [0.4, 0.5) is 0 Å². The first-order valence-electron chi connectivity index (χ1n) is 7.82. The van der Waals surface area contributed by atoms with Crippen LogP contribution >= 0.6 is 0 Å². The molecular formula is C18H24O3. The number of hydrogen-bond acceptors (Lipinski definition) is 3. The van der Waals surface area contributed by atoms with Crippen molar-refractivity contribution in [2.24, 2.45) is 0 Å². The van der Waals surface area contributed by atoms with Gasteiger partial charge in [-0.25, -0.2) is 0 Å². The quantitative estimate of drug-likeness (QED) is 0.645. The first kappa shape index (κ1) is 15.9. The van der Waals surface area contributed by atoms with E-state index in [2.05, 4.69) is 11.8 Å².